The van der Waals surface area contributed by atoms with Crippen molar-refractivity contribution in [3.05, 3.63) is 63.8 Å². The van der Waals surface area contributed by atoms with E-state index in [-0.39, 0.29) is 23.4 Å². The highest BCUT2D eigenvalue weighted by Crippen LogP contribution is 2.27. The summed E-state index contributed by atoms with van der Waals surface area (Å²) in [5.74, 6) is -0.941. The number of nitrogens with zero attached hydrogens (tertiary/aromatic N) is 1. The second-order valence-electron chi connectivity index (χ2n) is 7.83. The molecule has 1 aromatic heterocycles. The molecule has 0 aliphatic heterocycles. The van der Waals surface area contributed by atoms with Crippen LogP contribution in [0.3, 0.4) is 0 Å². The Balaban J connectivity index is 1.36. The fourth-order valence-corrected chi connectivity index (χ4v) is 4.28. The summed E-state index contributed by atoms with van der Waals surface area (Å²) in [6.07, 6.45) is 4.58. The Hall–Kier alpha value is -3.00. The summed E-state index contributed by atoms with van der Waals surface area (Å²) >= 11 is 0. The maximum atomic E-state index is 12.8. The first-order chi connectivity index (χ1) is 14.0. The van der Waals surface area contributed by atoms with Crippen LogP contribution in [0.5, 0.6) is 0 Å². The summed E-state index contributed by atoms with van der Waals surface area (Å²) in [6, 6.07) is 7.67. The lowest BCUT2D eigenvalue weighted by Crippen LogP contribution is -2.51. The van der Waals surface area contributed by atoms with Crippen LogP contribution in [0.2, 0.25) is 0 Å². The van der Waals surface area contributed by atoms with E-state index in [1.165, 1.54) is 23.7 Å². The van der Waals surface area contributed by atoms with Crippen molar-refractivity contribution in [1.29, 1.82) is 0 Å². The molecule has 0 spiro atoms. The number of benzene rings is 1. The number of amides is 2. The summed E-state index contributed by atoms with van der Waals surface area (Å²) < 4.78 is 0. The molecule has 8 heteroatoms. The van der Waals surface area contributed by atoms with Gasteiger partial charge >= 0.3 is 0 Å². The van der Waals surface area contributed by atoms with Crippen LogP contribution >= 0.6 is 0 Å². The number of hydrogen-bond donors (Lipinski definition) is 4. The molecule has 29 heavy (non-hydrogen) atoms. The number of H-pyrrole nitrogens is 1. The number of aliphatic hydroxyl groups excluding tert-OH is 1. The van der Waals surface area contributed by atoms with Gasteiger partial charge in [0.1, 0.15) is 5.56 Å². The topological polar surface area (TPSA) is 124 Å². The summed E-state index contributed by atoms with van der Waals surface area (Å²) in [7, 11) is 0. The molecule has 2 aromatic rings. The smallest absolute Gasteiger partial charge is 0.263 e. The Morgan fingerprint density at radius 2 is 1.83 bits per heavy atom. The van der Waals surface area contributed by atoms with Crippen LogP contribution in [-0.4, -0.2) is 45.1 Å². The van der Waals surface area contributed by atoms with Gasteiger partial charge in [-0.15, -0.1) is 0 Å². The monoisotopic (exact) mass is 396 g/mol. The van der Waals surface area contributed by atoms with Crippen LogP contribution in [0.25, 0.3) is 0 Å². The Morgan fingerprint density at radius 3 is 2.52 bits per heavy atom. The normalized spacial score (nSPS) is 24.0. The first kappa shape index (κ1) is 19.3. The number of nitrogens with one attached hydrogen (secondary N) is 3. The molecule has 1 fully saturated rings. The highest BCUT2D eigenvalue weighted by molar-refractivity contribution is 5.93. The van der Waals surface area contributed by atoms with Crippen LogP contribution < -0.4 is 16.2 Å². The number of carbonyl (C=O) groups excluding carboxylic acids is 2. The van der Waals surface area contributed by atoms with Gasteiger partial charge in [0.15, 0.2) is 0 Å². The van der Waals surface area contributed by atoms with Crippen molar-refractivity contribution in [3.8, 4) is 0 Å². The van der Waals surface area contributed by atoms with Crippen molar-refractivity contribution < 1.29 is 14.7 Å². The van der Waals surface area contributed by atoms with Gasteiger partial charge in [-0.2, -0.15) is 0 Å². The molecule has 2 amide bonds. The molecule has 152 valence electrons. The minimum atomic E-state index is -0.755. The molecule has 0 radical (unpaired) electrons. The fraction of sp³-hybridized carbons (Fsp3) is 0.429. The average molecular weight is 396 g/mol. The Bertz CT molecular complexity index is 948. The minimum absolute atomic E-state index is 0.0480. The van der Waals surface area contributed by atoms with E-state index in [2.05, 4.69) is 32.7 Å². The number of aromatic amines is 1. The van der Waals surface area contributed by atoms with Crippen molar-refractivity contribution in [1.82, 2.24) is 20.6 Å². The summed E-state index contributed by atoms with van der Waals surface area (Å²) in [5, 5.41) is 16.1. The molecule has 0 unspecified atom stereocenters. The predicted molar refractivity (Wildman–Crippen MR) is 105 cm³/mol. The Labute approximate surface area is 167 Å². The maximum Gasteiger partial charge on any atom is 0.263 e. The number of fused-ring (bicyclic) bond motifs is 1. The number of carbonyl (C=O) groups is 2. The van der Waals surface area contributed by atoms with Gasteiger partial charge in [0.2, 0.25) is 5.91 Å². The second kappa shape index (κ2) is 8.16. The molecule has 0 bridgehead atoms. The molecule has 0 saturated heterocycles. The van der Waals surface area contributed by atoms with Crippen molar-refractivity contribution >= 4 is 11.8 Å². The van der Waals surface area contributed by atoms with Gasteiger partial charge in [-0.05, 0) is 43.2 Å². The molecule has 1 aromatic carbocycles. The molecular formula is C21H24N4O4. The fourth-order valence-electron chi connectivity index (χ4n) is 4.28. The highest BCUT2D eigenvalue weighted by Gasteiger charge is 2.35. The van der Waals surface area contributed by atoms with E-state index < -0.39 is 23.6 Å². The van der Waals surface area contributed by atoms with E-state index in [0.29, 0.717) is 19.3 Å². The predicted octanol–water partition coefficient (Wildman–Crippen LogP) is 0.313. The number of aromatic nitrogens is 2. The Morgan fingerprint density at radius 1 is 1.10 bits per heavy atom. The molecule has 4 N–H and O–H groups in total. The standard InChI is InChI=1S/C21H24N4O4/c26-18-6-5-14(9-17(18)25-21(29)16-10-22-11-23-20(16)28)19(27)24-15-7-12-3-1-2-4-13(12)8-15/h1-4,10-11,14-15,17-18,26H,5-9H2,(H,24,27)(H,25,29)(H,22,23,28)/t14-,17+,18+/m0/s1. The van der Waals surface area contributed by atoms with Crippen LogP contribution in [0.1, 0.15) is 40.7 Å². The summed E-state index contributed by atoms with van der Waals surface area (Å²) in [5.41, 5.74) is 1.88. The van der Waals surface area contributed by atoms with Crippen molar-refractivity contribution in [2.75, 3.05) is 0 Å². The highest BCUT2D eigenvalue weighted by atomic mass is 16.3. The van der Waals surface area contributed by atoms with E-state index in [9.17, 15) is 19.5 Å². The van der Waals surface area contributed by atoms with Crippen molar-refractivity contribution in [3.63, 3.8) is 0 Å². The molecule has 3 atom stereocenters. The van der Waals surface area contributed by atoms with E-state index in [1.807, 2.05) is 12.1 Å². The van der Waals surface area contributed by atoms with Crippen LogP contribution in [-0.2, 0) is 17.6 Å². The molecule has 1 saturated carbocycles. The lowest BCUT2D eigenvalue weighted by atomic mass is 9.83. The SMILES string of the molecule is O=C(N[C@@H]1C[C@@H](C(=O)NC2Cc3ccccc3C2)CC[C@H]1O)c1cnc[nH]c1=O. The maximum absolute atomic E-state index is 12.8. The third-order valence-corrected chi connectivity index (χ3v) is 5.86. The number of aliphatic hydroxyl groups is 1. The molecule has 4 rings (SSSR count). The second-order valence-corrected chi connectivity index (χ2v) is 7.83. The van der Waals surface area contributed by atoms with E-state index in [1.54, 1.807) is 0 Å². The lowest BCUT2D eigenvalue weighted by Gasteiger charge is -2.33. The van der Waals surface area contributed by atoms with Gasteiger partial charge in [-0.25, -0.2) is 4.98 Å². The zero-order valence-electron chi connectivity index (χ0n) is 15.9. The Kier molecular flexibility index (Phi) is 5.44. The number of rotatable bonds is 4. The zero-order chi connectivity index (χ0) is 20.4. The van der Waals surface area contributed by atoms with E-state index >= 15 is 0 Å². The third-order valence-electron chi connectivity index (χ3n) is 5.86. The van der Waals surface area contributed by atoms with Crippen molar-refractivity contribution in [2.24, 2.45) is 5.92 Å². The van der Waals surface area contributed by atoms with E-state index in [4.69, 9.17) is 0 Å². The molecule has 1 heterocycles. The van der Waals surface area contributed by atoms with E-state index in [0.717, 1.165) is 12.8 Å². The van der Waals surface area contributed by atoms with Crippen LogP contribution in [0, 0.1) is 5.92 Å². The van der Waals surface area contributed by atoms with Crippen LogP contribution in [0.4, 0.5) is 0 Å². The first-order valence-electron chi connectivity index (χ1n) is 9.90. The quantitative estimate of drug-likeness (QED) is 0.592. The van der Waals surface area contributed by atoms with Crippen molar-refractivity contribution in [2.45, 2.75) is 50.3 Å². The van der Waals surface area contributed by atoms with Gasteiger partial charge in [0, 0.05) is 18.2 Å². The lowest BCUT2D eigenvalue weighted by molar-refractivity contribution is -0.127. The van der Waals surface area contributed by atoms with Gasteiger partial charge in [0.05, 0.1) is 18.5 Å². The first-order valence-corrected chi connectivity index (χ1v) is 9.90. The minimum Gasteiger partial charge on any atom is -0.391 e. The van der Waals surface area contributed by atoms with Gasteiger partial charge in [-0.1, -0.05) is 24.3 Å². The summed E-state index contributed by atoms with van der Waals surface area (Å²) in [4.78, 5) is 43.0. The average Bonchev–Trinajstić information content (AvgIpc) is 3.12. The van der Waals surface area contributed by atoms with Gasteiger partial charge < -0.3 is 20.7 Å². The zero-order valence-corrected chi connectivity index (χ0v) is 15.9. The molecular weight excluding hydrogens is 372 g/mol. The van der Waals surface area contributed by atoms with Crippen LogP contribution in [0.15, 0.2) is 41.6 Å². The largest absolute Gasteiger partial charge is 0.391 e. The number of hydrogen-bond acceptors (Lipinski definition) is 5. The summed E-state index contributed by atoms with van der Waals surface area (Å²) in [6.45, 7) is 0. The molecule has 8 nitrogen and oxygen atoms in total. The molecule has 2 aliphatic carbocycles. The molecule has 2 aliphatic rings. The van der Waals surface area contributed by atoms with Gasteiger partial charge in [0.25, 0.3) is 11.5 Å². The van der Waals surface area contributed by atoms with Gasteiger partial charge in [-0.3, -0.25) is 14.4 Å². The third kappa shape index (κ3) is 4.22.